The molecule has 1 amide bonds. The number of hydrogen-bond donors (Lipinski definition) is 2. The van der Waals surface area contributed by atoms with Gasteiger partial charge in [-0.05, 0) is 51.4 Å². The number of nitrogens with one attached hydrogen (secondary N) is 2. The summed E-state index contributed by atoms with van der Waals surface area (Å²) in [4.78, 5) is 41.9. The van der Waals surface area contributed by atoms with Crippen LogP contribution in [0.15, 0.2) is 60.0 Å². The van der Waals surface area contributed by atoms with Gasteiger partial charge in [0.15, 0.2) is 5.65 Å². The van der Waals surface area contributed by atoms with E-state index in [0.717, 1.165) is 12.2 Å². The number of amides is 1. The molecule has 0 aliphatic rings. The summed E-state index contributed by atoms with van der Waals surface area (Å²) >= 11 is 0. The maximum absolute atomic E-state index is 14.0. The predicted octanol–water partition coefficient (Wildman–Crippen LogP) is 3.50. The number of aromatic nitrogens is 4. The fraction of sp³-hybridized carbons (Fsp3) is 0.250. The third-order valence-corrected chi connectivity index (χ3v) is 6.17. The third kappa shape index (κ3) is 6.07. The first kappa shape index (κ1) is 28.2. The summed E-state index contributed by atoms with van der Waals surface area (Å²) in [5.41, 5.74) is 1.93. The Balaban J connectivity index is 1.82. The molecule has 4 aromatic rings. The zero-order valence-electron chi connectivity index (χ0n) is 23.0. The molecule has 12 heteroatoms. The molecule has 0 radical (unpaired) electrons. The van der Waals surface area contributed by atoms with Crippen LogP contribution < -0.4 is 25.8 Å². The van der Waals surface area contributed by atoms with E-state index < -0.39 is 11.4 Å². The zero-order chi connectivity index (χ0) is 29.0. The van der Waals surface area contributed by atoms with Crippen LogP contribution in [0.4, 0.5) is 27.4 Å². The first-order valence-corrected chi connectivity index (χ1v) is 12.4. The molecule has 4 rings (SSSR count). The topological polar surface area (TPSA) is 118 Å². The largest absolute Gasteiger partial charge is 0.494 e. The number of anilines is 4. The predicted molar refractivity (Wildman–Crippen MR) is 155 cm³/mol. The van der Waals surface area contributed by atoms with Crippen LogP contribution in [0.1, 0.15) is 5.82 Å². The van der Waals surface area contributed by atoms with Gasteiger partial charge in [-0.1, -0.05) is 12.6 Å². The molecule has 0 unspecified atom stereocenters. The molecule has 0 spiro atoms. The van der Waals surface area contributed by atoms with Crippen LogP contribution >= 0.6 is 0 Å². The highest BCUT2D eigenvalue weighted by Gasteiger charge is 2.18. The molecule has 0 aliphatic carbocycles. The van der Waals surface area contributed by atoms with Crippen LogP contribution in [0.25, 0.3) is 16.7 Å². The quantitative estimate of drug-likeness (QED) is 0.288. The van der Waals surface area contributed by atoms with Crippen LogP contribution in [0, 0.1) is 12.7 Å². The van der Waals surface area contributed by atoms with Gasteiger partial charge in [-0.3, -0.25) is 14.2 Å². The van der Waals surface area contributed by atoms with Crippen molar-refractivity contribution in [1.82, 2.24) is 24.4 Å². The Kier molecular flexibility index (Phi) is 8.39. The van der Waals surface area contributed by atoms with Crippen LogP contribution in [-0.4, -0.2) is 71.7 Å². The fourth-order valence-electron chi connectivity index (χ4n) is 4.12. The fourth-order valence-corrected chi connectivity index (χ4v) is 4.12. The molecule has 2 heterocycles. The lowest BCUT2D eigenvalue weighted by Crippen LogP contribution is -2.29. The number of fused-ring (bicyclic) bond motifs is 1. The first-order chi connectivity index (χ1) is 19.1. The number of halogens is 1. The molecular weight excluding hydrogens is 515 g/mol. The van der Waals surface area contributed by atoms with Crippen molar-refractivity contribution < 1.29 is 13.9 Å². The summed E-state index contributed by atoms with van der Waals surface area (Å²) in [6, 6.07) is 9.43. The van der Waals surface area contributed by atoms with Gasteiger partial charge in [0.1, 0.15) is 22.8 Å². The number of carbonyl (C=O) groups excluding carboxylic acids is 1. The van der Waals surface area contributed by atoms with E-state index in [2.05, 4.69) is 37.1 Å². The van der Waals surface area contributed by atoms with Crippen molar-refractivity contribution in [3.63, 3.8) is 0 Å². The number of benzene rings is 2. The molecule has 0 aliphatic heterocycles. The van der Waals surface area contributed by atoms with Crippen molar-refractivity contribution in [2.45, 2.75) is 6.92 Å². The van der Waals surface area contributed by atoms with Gasteiger partial charge in [-0.2, -0.15) is 9.97 Å². The van der Waals surface area contributed by atoms with E-state index >= 15 is 0 Å². The molecule has 2 N–H and O–H groups in total. The van der Waals surface area contributed by atoms with Crippen molar-refractivity contribution >= 4 is 40.0 Å². The highest BCUT2D eigenvalue weighted by molar-refractivity contribution is 6.02. The monoisotopic (exact) mass is 546 g/mol. The molecule has 2 aromatic heterocycles. The summed E-state index contributed by atoms with van der Waals surface area (Å²) in [5, 5.41) is 6.15. The number of carbonyl (C=O) groups is 1. The van der Waals surface area contributed by atoms with Gasteiger partial charge in [0.25, 0.3) is 5.56 Å². The summed E-state index contributed by atoms with van der Waals surface area (Å²) < 4.78 is 21.3. The lowest BCUT2D eigenvalue weighted by atomic mass is 10.2. The molecule has 208 valence electrons. The Bertz CT molecular complexity index is 1640. The molecule has 0 bridgehead atoms. The molecule has 2 aromatic carbocycles. The van der Waals surface area contributed by atoms with Crippen molar-refractivity contribution in [3.05, 3.63) is 77.2 Å². The number of likely N-dealkylation sites (N-methyl/N-ethyl adjacent to an activating group) is 2. The minimum absolute atomic E-state index is 0.149. The van der Waals surface area contributed by atoms with Gasteiger partial charge in [0.2, 0.25) is 11.9 Å². The molecule has 0 saturated carbocycles. The highest BCUT2D eigenvalue weighted by Crippen LogP contribution is 2.38. The maximum atomic E-state index is 14.0. The number of rotatable bonds is 10. The minimum atomic E-state index is -0.496. The summed E-state index contributed by atoms with van der Waals surface area (Å²) in [7, 11) is 7.42. The summed E-state index contributed by atoms with van der Waals surface area (Å²) in [6.45, 7) is 6.68. The first-order valence-electron chi connectivity index (χ1n) is 12.4. The van der Waals surface area contributed by atoms with Crippen LogP contribution in [-0.2, 0) is 4.79 Å². The summed E-state index contributed by atoms with van der Waals surface area (Å²) in [6.07, 6.45) is 2.56. The Morgan fingerprint density at radius 1 is 1.15 bits per heavy atom. The van der Waals surface area contributed by atoms with Crippen molar-refractivity contribution in [2.24, 2.45) is 0 Å². The molecule has 0 atom stereocenters. The summed E-state index contributed by atoms with van der Waals surface area (Å²) in [5.74, 6) is 0.147. The number of nitrogens with zero attached hydrogens (tertiary/aromatic N) is 6. The van der Waals surface area contributed by atoms with E-state index in [9.17, 15) is 14.0 Å². The van der Waals surface area contributed by atoms with E-state index in [1.54, 1.807) is 35.8 Å². The van der Waals surface area contributed by atoms with Crippen molar-refractivity contribution in [2.75, 3.05) is 56.9 Å². The zero-order valence-corrected chi connectivity index (χ0v) is 23.0. The van der Waals surface area contributed by atoms with Gasteiger partial charge in [-0.25, -0.2) is 9.37 Å². The van der Waals surface area contributed by atoms with Crippen LogP contribution in [0.5, 0.6) is 5.75 Å². The van der Waals surface area contributed by atoms with E-state index in [-0.39, 0.29) is 22.9 Å². The lowest BCUT2D eigenvalue weighted by Gasteiger charge is -2.26. The number of methoxy groups -OCH3 is 1. The lowest BCUT2D eigenvalue weighted by molar-refractivity contribution is -0.111. The number of aryl methyl sites for hydroxylation is 1. The van der Waals surface area contributed by atoms with E-state index in [0.29, 0.717) is 35.2 Å². The second kappa shape index (κ2) is 11.9. The molecule has 0 fully saturated rings. The number of hydrogen-bond acceptors (Lipinski definition) is 9. The van der Waals surface area contributed by atoms with E-state index in [1.807, 2.05) is 26.0 Å². The van der Waals surface area contributed by atoms with E-state index in [1.165, 1.54) is 31.5 Å². The second-order valence-corrected chi connectivity index (χ2v) is 9.32. The Morgan fingerprint density at radius 2 is 1.93 bits per heavy atom. The molecular formula is C28H31FN8O3. The van der Waals surface area contributed by atoms with E-state index in [4.69, 9.17) is 4.74 Å². The van der Waals surface area contributed by atoms with Gasteiger partial charge in [0, 0.05) is 32.4 Å². The number of ether oxygens (including phenoxy) is 1. The Hall–Kier alpha value is -4.84. The standard InChI is InChI=1S/C28H31FN8O3/c1-7-25(38)32-21-14-22(24(40-6)15-23(21)36(5)12-11-35(3)4)33-28-30-16-20-26(34-28)37(17(2)31-27(20)39)19-10-8-9-18(29)13-19/h7-10,13-16H,1,11-12H2,2-6H3,(H,32,38)(H,30,33,34). The maximum Gasteiger partial charge on any atom is 0.284 e. The second-order valence-electron chi connectivity index (χ2n) is 9.32. The van der Waals surface area contributed by atoms with Gasteiger partial charge in [-0.15, -0.1) is 0 Å². The highest BCUT2D eigenvalue weighted by atomic mass is 19.1. The SMILES string of the molecule is C=CC(=O)Nc1cc(Nc2ncc3c(=O)nc(C)n(-c4cccc(F)c4)c3n2)c(OC)cc1N(C)CCN(C)C. The average Bonchev–Trinajstić information content (AvgIpc) is 2.91. The van der Waals surface area contributed by atoms with Crippen LogP contribution in [0.2, 0.25) is 0 Å². The molecule has 40 heavy (non-hydrogen) atoms. The molecule has 0 saturated heterocycles. The Morgan fingerprint density at radius 3 is 2.60 bits per heavy atom. The third-order valence-electron chi connectivity index (χ3n) is 6.17. The van der Waals surface area contributed by atoms with Crippen LogP contribution in [0.3, 0.4) is 0 Å². The smallest absolute Gasteiger partial charge is 0.284 e. The van der Waals surface area contributed by atoms with Gasteiger partial charge < -0.3 is 25.2 Å². The molecule has 11 nitrogen and oxygen atoms in total. The van der Waals surface area contributed by atoms with Crippen molar-refractivity contribution in [3.8, 4) is 11.4 Å². The van der Waals surface area contributed by atoms with Crippen molar-refractivity contribution in [1.29, 1.82) is 0 Å². The van der Waals surface area contributed by atoms with Gasteiger partial charge >= 0.3 is 0 Å². The Labute approximate surface area is 230 Å². The minimum Gasteiger partial charge on any atom is -0.494 e. The van der Waals surface area contributed by atoms with Gasteiger partial charge in [0.05, 0.1) is 29.9 Å². The normalized spacial score (nSPS) is 11.0. The average molecular weight is 547 g/mol.